The number of nitrogens with zero attached hydrogens (tertiary/aromatic N) is 1. The van der Waals surface area contributed by atoms with Gasteiger partial charge in [0.1, 0.15) is 0 Å². The van der Waals surface area contributed by atoms with Gasteiger partial charge < -0.3 is 10.6 Å². The predicted molar refractivity (Wildman–Crippen MR) is 118 cm³/mol. The number of aryl methyl sites for hydroxylation is 1. The van der Waals surface area contributed by atoms with Gasteiger partial charge in [0, 0.05) is 25.7 Å². The van der Waals surface area contributed by atoms with Crippen molar-refractivity contribution in [2.75, 3.05) is 25.5 Å². The number of fused-ring (bicyclic) bond motifs is 1. The lowest BCUT2D eigenvalue weighted by atomic mass is 10.0. The summed E-state index contributed by atoms with van der Waals surface area (Å²) >= 11 is 0. The average molecular weight is 481 g/mol. The lowest BCUT2D eigenvalue weighted by Crippen LogP contribution is -2.39. The van der Waals surface area contributed by atoms with Gasteiger partial charge in [-0.2, -0.15) is 4.31 Å². The number of nitrogens with one attached hydrogen (secondary N) is 2. The molecule has 4 N–H and O–H groups in total. The van der Waals surface area contributed by atoms with Gasteiger partial charge >= 0.3 is 0 Å². The second-order valence-corrected chi connectivity index (χ2v) is 11.0. The third-order valence-electron chi connectivity index (χ3n) is 5.03. The second kappa shape index (κ2) is 9.36. The van der Waals surface area contributed by atoms with Crippen molar-refractivity contribution in [2.24, 2.45) is 5.14 Å². The van der Waals surface area contributed by atoms with Gasteiger partial charge in [0.15, 0.2) is 0 Å². The van der Waals surface area contributed by atoms with E-state index in [1.54, 1.807) is 18.2 Å². The van der Waals surface area contributed by atoms with Crippen LogP contribution >= 0.6 is 0 Å². The Kier molecular flexibility index (Phi) is 6.98. The number of benzene rings is 2. The zero-order valence-electron chi connectivity index (χ0n) is 17.4. The van der Waals surface area contributed by atoms with Crippen LogP contribution in [0.25, 0.3) is 0 Å². The van der Waals surface area contributed by atoms with E-state index >= 15 is 0 Å². The SMILES string of the molecule is CN(CC(=O)NCCc1ccc(S(N)(=O)=O)cc1)S(=O)(=O)c1ccc2c(c1)CCC(=O)N2. The third kappa shape index (κ3) is 5.71. The molecule has 0 atom stereocenters. The van der Waals surface area contributed by atoms with Crippen molar-refractivity contribution in [3.05, 3.63) is 53.6 Å². The summed E-state index contributed by atoms with van der Waals surface area (Å²) in [4.78, 5) is 23.7. The molecule has 0 saturated carbocycles. The van der Waals surface area contributed by atoms with Gasteiger partial charge in [-0.1, -0.05) is 12.1 Å². The van der Waals surface area contributed by atoms with Crippen LogP contribution in [-0.4, -0.2) is 53.1 Å². The lowest BCUT2D eigenvalue weighted by Gasteiger charge is -2.20. The summed E-state index contributed by atoms with van der Waals surface area (Å²) in [7, 11) is -6.33. The number of carbonyl (C=O) groups is 2. The van der Waals surface area contributed by atoms with Crippen LogP contribution in [0.2, 0.25) is 0 Å². The van der Waals surface area contributed by atoms with Crippen LogP contribution in [0.15, 0.2) is 52.3 Å². The van der Waals surface area contributed by atoms with Gasteiger partial charge in [0.2, 0.25) is 31.9 Å². The number of hydrogen-bond acceptors (Lipinski definition) is 6. The number of amides is 2. The number of rotatable bonds is 8. The topological polar surface area (TPSA) is 156 Å². The molecule has 0 aliphatic carbocycles. The maximum atomic E-state index is 12.8. The van der Waals surface area contributed by atoms with E-state index in [-0.39, 0.29) is 28.8 Å². The fraction of sp³-hybridized carbons (Fsp3) is 0.300. The van der Waals surface area contributed by atoms with Crippen LogP contribution in [0.5, 0.6) is 0 Å². The van der Waals surface area contributed by atoms with Gasteiger partial charge in [-0.3, -0.25) is 9.59 Å². The molecule has 0 saturated heterocycles. The summed E-state index contributed by atoms with van der Waals surface area (Å²) in [5.74, 6) is -0.579. The fourth-order valence-corrected chi connectivity index (χ4v) is 4.93. The van der Waals surface area contributed by atoms with Crippen LogP contribution in [0.1, 0.15) is 17.5 Å². The van der Waals surface area contributed by atoms with Crippen molar-refractivity contribution in [1.29, 1.82) is 0 Å². The Morgan fingerprint density at radius 2 is 1.72 bits per heavy atom. The molecule has 2 amide bonds. The van der Waals surface area contributed by atoms with E-state index in [2.05, 4.69) is 10.6 Å². The summed E-state index contributed by atoms with van der Waals surface area (Å²) in [5.41, 5.74) is 2.12. The van der Waals surface area contributed by atoms with Crippen LogP contribution in [0, 0.1) is 0 Å². The highest BCUT2D eigenvalue weighted by atomic mass is 32.2. The van der Waals surface area contributed by atoms with Gasteiger partial charge in [-0.05, 0) is 54.3 Å². The molecule has 0 bridgehead atoms. The molecule has 2 aromatic rings. The highest BCUT2D eigenvalue weighted by molar-refractivity contribution is 7.89. The predicted octanol–water partition coefficient (Wildman–Crippen LogP) is 0.198. The Labute approximate surface area is 186 Å². The monoisotopic (exact) mass is 480 g/mol. The lowest BCUT2D eigenvalue weighted by molar-refractivity contribution is -0.121. The summed E-state index contributed by atoms with van der Waals surface area (Å²) in [6, 6.07) is 10.4. The zero-order chi connectivity index (χ0) is 23.5. The largest absolute Gasteiger partial charge is 0.355 e. The molecule has 1 heterocycles. The van der Waals surface area contributed by atoms with Gasteiger partial charge in [-0.25, -0.2) is 22.0 Å². The number of anilines is 1. The van der Waals surface area contributed by atoms with Crippen molar-refractivity contribution in [1.82, 2.24) is 9.62 Å². The number of likely N-dealkylation sites (N-methyl/N-ethyl adjacent to an activating group) is 1. The molecule has 0 fully saturated rings. The molecule has 2 aromatic carbocycles. The van der Waals surface area contributed by atoms with E-state index in [9.17, 15) is 26.4 Å². The molecule has 10 nitrogen and oxygen atoms in total. The standard InChI is InChI=1S/C20H24N4O6S2/c1-24(32(29,30)17-7-8-18-15(12-17)4-9-19(25)23-18)13-20(26)22-11-10-14-2-5-16(6-3-14)31(21,27)28/h2-3,5-8,12H,4,9-11,13H2,1H3,(H,22,26)(H,23,25)(H2,21,27,28). The number of hydrogen-bond donors (Lipinski definition) is 3. The summed E-state index contributed by atoms with van der Waals surface area (Å²) < 4.78 is 49.2. The van der Waals surface area contributed by atoms with Gasteiger partial charge in [0.25, 0.3) is 0 Å². The Balaban J connectivity index is 1.55. The van der Waals surface area contributed by atoms with Crippen molar-refractivity contribution in [2.45, 2.75) is 29.1 Å². The Bertz CT molecular complexity index is 1240. The smallest absolute Gasteiger partial charge is 0.243 e. The minimum Gasteiger partial charge on any atom is -0.355 e. The molecule has 0 radical (unpaired) electrons. The fourth-order valence-electron chi connectivity index (χ4n) is 3.24. The Hall–Kier alpha value is -2.80. The third-order valence-corrected chi connectivity index (χ3v) is 7.76. The number of primary sulfonamides is 1. The first-order chi connectivity index (χ1) is 15.0. The average Bonchev–Trinajstić information content (AvgIpc) is 2.73. The molecular weight excluding hydrogens is 456 g/mol. The minimum absolute atomic E-state index is 0.00155. The molecule has 172 valence electrons. The first-order valence-corrected chi connectivity index (χ1v) is 12.7. The first-order valence-electron chi connectivity index (χ1n) is 9.74. The van der Waals surface area contributed by atoms with E-state index in [4.69, 9.17) is 5.14 Å². The Morgan fingerprint density at radius 1 is 1.06 bits per heavy atom. The summed E-state index contributed by atoms with van der Waals surface area (Å²) in [6.45, 7) is -0.111. The highest BCUT2D eigenvalue weighted by Crippen LogP contribution is 2.26. The molecule has 3 rings (SSSR count). The highest BCUT2D eigenvalue weighted by Gasteiger charge is 2.25. The molecular formula is C20H24N4O6S2. The van der Waals surface area contributed by atoms with Crippen LogP contribution in [0.4, 0.5) is 5.69 Å². The maximum absolute atomic E-state index is 12.8. The van der Waals surface area contributed by atoms with Gasteiger partial charge in [0.05, 0.1) is 16.3 Å². The van der Waals surface area contributed by atoms with Gasteiger partial charge in [-0.15, -0.1) is 0 Å². The van der Waals surface area contributed by atoms with Crippen LogP contribution in [0.3, 0.4) is 0 Å². The van der Waals surface area contributed by atoms with Crippen molar-refractivity contribution in [3.8, 4) is 0 Å². The number of nitrogens with two attached hydrogens (primary N) is 1. The van der Waals surface area contributed by atoms with Crippen molar-refractivity contribution in [3.63, 3.8) is 0 Å². The quantitative estimate of drug-likeness (QED) is 0.490. The molecule has 12 heteroatoms. The summed E-state index contributed by atoms with van der Waals surface area (Å²) in [6.07, 6.45) is 1.18. The van der Waals surface area contributed by atoms with E-state index in [1.807, 2.05) is 0 Å². The maximum Gasteiger partial charge on any atom is 0.243 e. The van der Waals surface area contributed by atoms with E-state index in [1.165, 1.54) is 31.3 Å². The van der Waals surface area contributed by atoms with E-state index in [0.717, 1.165) is 15.4 Å². The molecule has 0 spiro atoms. The zero-order valence-corrected chi connectivity index (χ0v) is 19.0. The molecule has 32 heavy (non-hydrogen) atoms. The molecule has 1 aliphatic heterocycles. The molecule has 0 unspecified atom stereocenters. The van der Waals surface area contributed by atoms with E-state index < -0.39 is 26.0 Å². The van der Waals surface area contributed by atoms with E-state index in [0.29, 0.717) is 24.9 Å². The first kappa shape index (κ1) is 23.9. The number of carbonyl (C=O) groups excluding carboxylic acids is 2. The molecule has 1 aliphatic rings. The summed E-state index contributed by atoms with van der Waals surface area (Å²) in [5, 5.41) is 10.4. The second-order valence-electron chi connectivity index (χ2n) is 7.42. The Morgan fingerprint density at radius 3 is 2.38 bits per heavy atom. The van der Waals surface area contributed by atoms with Crippen LogP contribution < -0.4 is 15.8 Å². The normalized spacial score (nSPS) is 14.0. The molecule has 0 aromatic heterocycles. The van der Waals surface area contributed by atoms with Crippen LogP contribution in [-0.2, 0) is 42.5 Å². The number of sulfonamides is 2. The van der Waals surface area contributed by atoms with Crippen molar-refractivity contribution < 1.29 is 26.4 Å². The van der Waals surface area contributed by atoms with Crippen molar-refractivity contribution >= 4 is 37.5 Å². The minimum atomic E-state index is -3.89.